The van der Waals surface area contributed by atoms with Gasteiger partial charge in [-0.3, -0.25) is 4.79 Å². The maximum absolute atomic E-state index is 12.4. The molecule has 1 aliphatic rings. The fraction of sp³-hybridized carbons (Fsp3) is 0.588. The van der Waals surface area contributed by atoms with Crippen LogP contribution in [0.5, 0.6) is 5.75 Å². The minimum Gasteiger partial charge on any atom is -0.496 e. The van der Waals surface area contributed by atoms with Crippen molar-refractivity contribution in [1.82, 2.24) is 4.90 Å². The highest BCUT2D eigenvalue weighted by molar-refractivity contribution is 5.78. The van der Waals surface area contributed by atoms with Crippen LogP contribution in [0, 0.1) is 5.92 Å². The minimum absolute atomic E-state index is 0.256. The number of hydrogen-bond donors (Lipinski definition) is 0. The van der Waals surface area contributed by atoms with E-state index >= 15 is 0 Å². The number of carbonyl (C=O) groups is 1. The Morgan fingerprint density at radius 3 is 2.65 bits per heavy atom. The minimum atomic E-state index is 0.256. The molecule has 0 radical (unpaired) electrons. The Kier molecular flexibility index (Phi) is 5.45. The van der Waals surface area contributed by atoms with Crippen molar-refractivity contribution >= 4 is 5.91 Å². The Bertz CT molecular complexity index is 438. The molecule has 1 aromatic rings. The molecule has 1 fully saturated rings. The van der Waals surface area contributed by atoms with Gasteiger partial charge in [0.15, 0.2) is 0 Å². The Morgan fingerprint density at radius 2 is 1.95 bits per heavy atom. The molecule has 0 bridgehead atoms. The molecule has 3 heteroatoms. The van der Waals surface area contributed by atoms with Crippen LogP contribution in [-0.2, 0) is 11.2 Å². The van der Waals surface area contributed by atoms with Crippen LogP contribution in [0.25, 0.3) is 0 Å². The quantitative estimate of drug-likeness (QED) is 0.825. The molecule has 0 aliphatic heterocycles. The number of carbonyl (C=O) groups excluding carboxylic acids is 1. The molecule has 0 aromatic heterocycles. The molecule has 110 valence electrons. The van der Waals surface area contributed by atoms with Gasteiger partial charge < -0.3 is 9.64 Å². The zero-order chi connectivity index (χ0) is 14.4. The van der Waals surface area contributed by atoms with E-state index in [0.29, 0.717) is 5.91 Å². The van der Waals surface area contributed by atoms with Gasteiger partial charge in [0.25, 0.3) is 0 Å². The summed E-state index contributed by atoms with van der Waals surface area (Å²) in [5, 5.41) is 0. The van der Waals surface area contributed by atoms with E-state index in [4.69, 9.17) is 4.74 Å². The largest absolute Gasteiger partial charge is 0.496 e. The topological polar surface area (TPSA) is 29.5 Å². The Balaban J connectivity index is 1.87. The number of nitrogens with zero attached hydrogens (tertiary/aromatic N) is 1. The van der Waals surface area contributed by atoms with Crippen molar-refractivity contribution < 1.29 is 9.53 Å². The summed E-state index contributed by atoms with van der Waals surface area (Å²) in [6.07, 6.45) is 6.68. The standard InChI is InChI=1S/C17H25NO2/c1-18(17(19)15-9-4-3-5-10-15)13-12-14-8-6-7-11-16(14)20-2/h6-8,11,15H,3-5,9-10,12-13H2,1-2H3. The van der Waals surface area contributed by atoms with Gasteiger partial charge in [-0.05, 0) is 30.9 Å². The molecule has 2 rings (SSSR count). The van der Waals surface area contributed by atoms with E-state index in [1.807, 2.05) is 30.1 Å². The molecule has 0 heterocycles. The highest BCUT2D eigenvalue weighted by Gasteiger charge is 2.23. The van der Waals surface area contributed by atoms with Crippen molar-refractivity contribution in [3.8, 4) is 5.75 Å². The number of ether oxygens (including phenoxy) is 1. The van der Waals surface area contributed by atoms with Gasteiger partial charge in [-0.25, -0.2) is 0 Å². The van der Waals surface area contributed by atoms with Crippen LogP contribution in [0.4, 0.5) is 0 Å². The lowest BCUT2D eigenvalue weighted by Gasteiger charge is -2.26. The van der Waals surface area contributed by atoms with Crippen molar-refractivity contribution in [2.24, 2.45) is 5.92 Å². The molecule has 3 nitrogen and oxygen atoms in total. The van der Waals surface area contributed by atoms with Crippen LogP contribution in [0.15, 0.2) is 24.3 Å². The summed E-state index contributed by atoms with van der Waals surface area (Å²) in [6, 6.07) is 8.02. The molecule has 1 saturated carbocycles. The van der Waals surface area contributed by atoms with Gasteiger partial charge in [0.2, 0.25) is 5.91 Å². The first-order valence-electron chi connectivity index (χ1n) is 7.59. The maximum atomic E-state index is 12.4. The van der Waals surface area contributed by atoms with Gasteiger partial charge >= 0.3 is 0 Å². The van der Waals surface area contributed by atoms with E-state index < -0.39 is 0 Å². The Labute approximate surface area is 121 Å². The lowest BCUT2D eigenvalue weighted by Crippen LogP contribution is -2.35. The summed E-state index contributed by atoms with van der Waals surface area (Å²) in [5.41, 5.74) is 1.17. The number of benzene rings is 1. The maximum Gasteiger partial charge on any atom is 0.225 e. The van der Waals surface area contributed by atoms with E-state index in [2.05, 4.69) is 6.07 Å². The lowest BCUT2D eigenvalue weighted by atomic mass is 9.88. The molecule has 0 spiro atoms. The predicted molar refractivity (Wildman–Crippen MR) is 80.9 cm³/mol. The molecule has 1 aliphatic carbocycles. The summed E-state index contributed by atoms with van der Waals surface area (Å²) in [6.45, 7) is 0.760. The molecular formula is C17H25NO2. The smallest absolute Gasteiger partial charge is 0.225 e. The van der Waals surface area contributed by atoms with Gasteiger partial charge in [0.05, 0.1) is 7.11 Å². The second-order valence-corrected chi connectivity index (χ2v) is 5.66. The lowest BCUT2D eigenvalue weighted by molar-refractivity contribution is -0.135. The summed E-state index contributed by atoms with van der Waals surface area (Å²) in [7, 11) is 3.61. The molecule has 0 atom stereocenters. The summed E-state index contributed by atoms with van der Waals surface area (Å²) in [5.74, 6) is 1.48. The van der Waals surface area contributed by atoms with E-state index in [1.54, 1.807) is 7.11 Å². The van der Waals surface area contributed by atoms with Gasteiger partial charge in [-0.15, -0.1) is 0 Å². The van der Waals surface area contributed by atoms with Crippen molar-refractivity contribution in [3.63, 3.8) is 0 Å². The predicted octanol–water partition coefficient (Wildman–Crippen LogP) is 3.28. The molecule has 0 N–H and O–H groups in total. The number of rotatable bonds is 5. The van der Waals surface area contributed by atoms with Gasteiger partial charge in [0, 0.05) is 19.5 Å². The zero-order valence-electron chi connectivity index (χ0n) is 12.6. The highest BCUT2D eigenvalue weighted by Crippen LogP contribution is 2.25. The molecule has 1 amide bonds. The third-order valence-electron chi connectivity index (χ3n) is 4.24. The second kappa shape index (κ2) is 7.32. The SMILES string of the molecule is COc1ccccc1CCN(C)C(=O)C1CCCCC1. The van der Waals surface area contributed by atoms with Crippen molar-refractivity contribution in [3.05, 3.63) is 29.8 Å². The van der Waals surface area contributed by atoms with Crippen LogP contribution in [0.1, 0.15) is 37.7 Å². The zero-order valence-corrected chi connectivity index (χ0v) is 12.6. The first-order valence-corrected chi connectivity index (χ1v) is 7.59. The molecule has 0 unspecified atom stereocenters. The van der Waals surface area contributed by atoms with Crippen LogP contribution in [0.2, 0.25) is 0 Å². The summed E-state index contributed by atoms with van der Waals surface area (Å²) >= 11 is 0. The summed E-state index contributed by atoms with van der Waals surface area (Å²) in [4.78, 5) is 14.3. The van der Waals surface area contributed by atoms with Crippen LogP contribution in [0.3, 0.4) is 0 Å². The van der Waals surface area contributed by atoms with Crippen LogP contribution >= 0.6 is 0 Å². The van der Waals surface area contributed by atoms with Crippen molar-refractivity contribution in [1.29, 1.82) is 0 Å². The monoisotopic (exact) mass is 275 g/mol. The molecular weight excluding hydrogens is 250 g/mol. The third-order valence-corrected chi connectivity index (χ3v) is 4.24. The Hall–Kier alpha value is -1.51. The number of likely N-dealkylation sites (N-methyl/N-ethyl adjacent to an activating group) is 1. The fourth-order valence-electron chi connectivity index (χ4n) is 2.97. The average Bonchev–Trinajstić information content (AvgIpc) is 2.53. The van der Waals surface area contributed by atoms with Gasteiger partial charge in [-0.1, -0.05) is 37.5 Å². The van der Waals surface area contributed by atoms with Crippen LogP contribution in [-0.4, -0.2) is 31.5 Å². The molecule has 0 saturated heterocycles. The van der Waals surface area contributed by atoms with Crippen molar-refractivity contribution in [2.45, 2.75) is 38.5 Å². The normalized spacial score (nSPS) is 15.9. The molecule has 1 aromatic carbocycles. The van der Waals surface area contributed by atoms with Gasteiger partial charge in [0.1, 0.15) is 5.75 Å². The Morgan fingerprint density at radius 1 is 1.25 bits per heavy atom. The average molecular weight is 275 g/mol. The van der Waals surface area contributed by atoms with E-state index in [0.717, 1.165) is 31.6 Å². The fourth-order valence-corrected chi connectivity index (χ4v) is 2.97. The first-order chi connectivity index (χ1) is 9.72. The van der Waals surface area contributed by atoms with E-state index in [9.17, 15) is 4.79 Å². The first kappa shape index (κ1) is 14.9. The van der Waals surface area contributed by atoms with E-state index in [1.165, 1.54) is 24.8 Å². The highest BCUT2D eigenvalue weighted by atomic mass is 16.5. The van der Waals surface area contributed by atoms with Crippen molar-refractivity contribution in [2.75, 3.05) is 20.7 Å². The third kappa shape index (κ3) is 3.75. The second-order valence-electron chi connectivity index (χ2n) is 5.66. The molecule has 20 heavy (non-hydrogen) atoms. The number of para-hydroxylation sites is 1. The van der Waals surface area contributed by atoms with Gasteiger partial charge in [-0.2, -0.15) is 0 Å². The number of amides is 1. The number of methoxy groups -OCH3 is 1. The van der Waals surface area contributed by atoms with Crippen LogP contribution < -0.4 is 4.74 Å². The van der Waals surface area contributed by atoms with E-state index in [-0.39, 0.29) is 5.92 Å². The number of hydrogen-bond acceptors (Lipinski definition) is 2. The summed E-state index contributed by atoms with van der Waals surface area (Å²) < 4.78 is 5.35.